The van der Waals surface area contributed by atoms with Crippen LogP contribution in [0.2, 0.25) is 0 Å². The van der Waals surface area contributed by atoms with Gasteiger partial charge in [0.15, 0.2) is 0 Å². The summed E-state index contributed by atoms with van der Waals surface area (Å²) >= 11 is 0. The van der Waals surface area contributed by atoms with E-state index in [1.165, 1.54) is 6.42 Å². The van der Waals surface area contributed by atoms with E-state index < -0.39 is 0 Å². The first-order chi connectivity index (χ1) is 7.74. The zero-order chi connectivity index (χ0) is 11.4. The lowest BCUT2D eigenvalue weighted by Crippen LogP contribution is -2.26. The molecule has 5 heteroatoms. The standard InChI is InChI=1S/C11H17N3O2/c1-8-13-10(12)6-11(14-8)16-7-9-4-2-3-5-15-9/h6,9H,2-5,7H2,1H3,(H2,12,13,14). The molecule has 16 heavy (non-hydrogen) atoms. The second-order valence-electron chi connectivity index (χ2n) is 3.98. The van der Waals surface area contributed by atoms with E-state index in [9.17, 15) is 0 Å². The number of ether oxygens (including phenoxy) is 2. The van der Waals surface area contributed by atoms with Gasteiger partial charge in [0.2, 0.25) is 5.88 Å². The normalized spacial score (nSPS) is 20.7. The molecule has 1 aliphatic heterocycles. The third kappa shape index (κ3) is 3.06. The fraction of sp³-hybridized carbons (Fsp3) is 0.636. The minimum absolute atomic E-state index is 0.185. The lowest BCUT2D eigenvalue weighted by atomic mass is 10.1. The lowest BCUT2D eigenvalue weighted by molar-refractivity contribution is -0.0119. The average Bonchev–Trinajstić information content (AvgIpc) is 2.27. The van der Waals surface area contributed by atoms with Gasteiger partial charge in [0.25, 0.3) is 0 Å². The van der Waals surface area contributed by atoms with Gasteiger partial charge < -0.3 is 15.2 Å². The fourth-order valence-electron chi connectivity index (χ4n) is 1.75. The number of aromatic nitrogens is 2. The van der Waals surface area contributed by atoms with Gasteiger partial charge in [-0.3, -0.25) is 0 Å². The number of nitrogens with zero attached hydrogens (tertiary/aromatic N) is 2. The molecule has 1 fully saturated rings. The predicted molar refractivity (Wildman–Crippen MR) is 60.3 cm³/mol. The molecule has 1 atom stereocenters. The molecule has 1 unspecified atom stereocenters. The number of hydrogen-bond donors (Lipinski definition) is 1. The van der Waals surface area contributed by atoms with Crippen LogP contribution in [0.5, 0.6) is 5.88 Å². The van der Waals surface area contributed by atoms with E-state index in [1.54, 1.807) is 13.0 Å². The molecule has 0 aromatic carbocycles. The minimum atomic E-state index is 0.185. The maximum absolute atomic E-state index is 5.61. The van der Waals surface area contributed by atoms with Gasteiger partial charge in [0.1, 0.15) is 18.2 Å². The Morgan fingerprint density at radius 1 is 1.50 bits per heavy atom. The van der Waals surface area contributed by atoms with Crippen molar-refractivity contribution in [1.29, 1.82) is 0 Å². The van der Waals surface area contributed by atoms with Crippen molar-refractivity contribution in [3.8, 4) is 5.88 Å². The summed E-state index contributed by atoms with van der Waals surface area (Å²) in [7, 11) is 0. The SMILES string of the molecule is Cc1nc(N)cc(OCC2CCCCO2)n1. The largest absolute Gasteiger partial charge is 0.475 e. The molecule has 0 amide bonds. The summed E-state index contributed by atoms with van der Waals surface area (Å²) in [6, 6.07) is 1.63. The van der Waals surface area contributed by atoms with E-state index in [2.05, 4.69) is 9.97 Å². The van der Waals surface area contributed by atoms with Crippen molar-refractivity contribution in [3.05, 3.63) is 11.9 Å². The van der Waals surface area contributed by atoms with Crippen LogP contribution in [0.15, 0.2) is 6.07 Å². The third-order valence-electron chi connectivity index (χ3n) is 2.53. The monoisotopic (exact) mass is 223 g/mol. The van der Waals surface area contributed by atoms with E-state index in [1.807, 2.05) is 0 Å². The van der Waals surface area contributed by atoms with Gasteiger partial charge in [-0.25, -0.2) is 4.98 Å². The average molecular weight is 223 g/mol. The molecule has 1 aromatic rings. The summed E-state index contributed by atoms with van der Waals surface area (Å²) < 4.78 is 11.1. The van der Waals surface area contributed by atoms with Crippen molar-refractivity contribution in [2.75, 3.05) is 18.9 Å². The molecular weight excluding hydrogens is 206 g/mol. The van der Waals surface area contributed by atoms with E-state index in [0.717, 1.165) is 19.4 Å². The maximum Gasteiger partial charge on any atom is 0.218 e. The zero-order valence-electron chi connectivity index (χ0n) is 9.48. The van der Waals surface area contributed by atoms with Crippen LogP contribution in [0.25, 0.3) is 0 Å². The topological polar surface area (TPSA) is 70.3 Å². The first kappa shape index (κ1) is 11.1. The Bertz CT molecular complexity index is 331. The zero-order valence-corrected chi connectivity index (χ0v) is 9.48. The van der Waals surface area contributed by atoms with Gasteiger partial charge in [0.05, 0.1) is 6.10 Å². The van der Waals surface area contributed by atoms with Crippen molar-refractivity contribution in [1.82, 2.24) is 9.97 Å². The molecule has 1 aliphatic rings. The number of anilines is 1. The molecule has 0 aliphatic carbocycles. The predicted octanol–water partition coefficient (Wildman–Crippen LogP) is 1.32. The molecule has 1 aromatic heterocycles. The Balaban J connectivity index is 1.88. The second kappa shape index (κ2) is 5.12. The Morgan fingerprint density at radius 2 is 2.38 bits per heavy atom. The van der Waals surface area contributed by atoms with Gasteiger partial charge in [0, 0.05) is 12.7 Å². The first-order valence-corrected chi connectivity index (χ1v) is 5.59. The van der Waals surface area contributed by atoms with Crippen LogP contribution < -0.4 is 10.5 Å². The smallest absolute Gasteiger partial charge is 0.218 e. The van der Waals surface area contributed by atoms with E-state index in [-0.39, 0.29) is 6.10 Å². The highest BCUT2D eigenvalue weighted by Gasteiger charge is 2.14. The summed E-state index contributed by atoms with van der Waals surface area (Å²) in [4.78, 5) is 8.13. The van der Waals surface area contributed by atoms with Crippen LogP contribution in [-0.4, -0.2) is 29.3 Å². The number of rotatable bonds is 3. The molecule has 2 N–H and O–H groups in total. The molecule has 2 heterocycles. The minimum Gasteiger partial charge on any atom is -0.475 e. The van der Waals surface area contributed by atoms with E-state index >= 15 is 0 Å². The van der Waals surface area contributed by atoms with Gasteiger partial charge >= 0.3 is 0 Å². The van der Waals surface area contributed by atoms with E-state index in [4.69, 9.17) is 15.2 Å². The Morgan fingerprint density at radius 3 is 3.06 bits per heavy atom. The van der Waals surface area contributed by atoms with Crippen molar-refractivity contribution in [2.45, 2.75) is 32.3 Å². The van der Waals surface area contributed by atoms with Crippen molar-refractivity contribution in [3.63, 3.8) is 0 Å². The highest BCUT2D eigenvalue weighted by Crippen LogP contribution is 2.15. The first-order valence-electron chi connectivity index (χ1n) is 5.59. The van der Waals surface area contributed by atoms with Crippen molar-refractivity contribution in [2.24, 2.45) is 0 Å². The van der Waals surface area contributed by atoms with Crippen LogP contribution in [0.1, 0.15) is 25.1 Å². The fourth-order valence-corrected chi connectivity index (χ4v) is 1.75. The van der Waals surface area contributed by atoms with Crippen molar-refractivity contribution < 1.29 is 9.47 Å². The molecule has 2 rings (SSSR count). The van der Waals surface area contributed by atoms with Crippen LogP contribution in [0.3, 0.4) is 0 Å². The van der Waals surface area contributed by atoms with Gasteiger partial charge in [-0.15, -0.1) is 0 Å². The van der Waals surface area contributed by atoms with Gasteiger partial charge in [-0.2, -0.15) is 4.98 Å². The molecule has 0 saturated carbocycles. The molecule has 0 bridgehead atoms. The van der Waals surface area contributed by atoms with Crippen LogP contribution in [0.4, 0.5) is 5.82 Å². The summed E-state index contributed by atoms with van der Waals surface area (Å²) in [5.74, 6) is 1.59. The van der Waals surface area contributed by atoms with Gasteiger partial charge in [-0.05, 0) is 26.2 Å². The molecule has 0 radical (unpaired) electrons. The lowest BCUT2D eigenvalue weighted by Gasteiger charge is -2.22. The number of nitrogen functional groups attached to an aromatic ring is 1. The third-order valence-corrected chi connectivity index (χ3v) is 2.53. The second-order valence-corrected chi connectivity index (χ2v) is 3.98. The molecule has 5 nitrogen and oxygen atoms in total. The Kier molecular flexibility index (Phi) is 3.56. The van der Waals surface area contributed by atoms with Crippen LogP contribution >= 0.6 is 0 Å². The van der Waals surface area contributed by atoms with Crippen LogP contribution in [0, 0.1) is 6.92 Å². The Labute approximate surface area is 95.0 Å². The Hall–Kier alpha value is -1.36. The molecule has 88 valence electrons. The number of nitrogens with two attached hydrogens (primary N) is 1. The highest BCUT2D eigenvalue weighted by molar-refractivity contribution is 5.32. The molecular formula is C11H17N3O2. The maximum atomic E-state index is 5.61. The summed E-state index contributed by atoms with van der Waals surface area (Å²) in [5, 5.41) is 0. The summed E-state index contributed by atoms with van der Waals surface area (Å²) in [6.45, 7) is 3.16. The summed E-state index contributed by atoms with van der Waals surface area (Å²) in [6.07, 6.45) is 3.60. The number of aryl methyl sites for hydroxylation is 1. The quantitative estimate of drug-likeness (QED) is 0.836. The molecule has 0 spiro atoms. The van der Waals surface area contributed by atoms with Crippen LogP contribution in [-0.2, 0) is 4.74 Å². The molecule has 1 saturated heterocycles. The van der Waals surface area contributed by atoms with E-state index in [0.29, 0.717) is 24.1 Å². The van der Waals surface area contributed by atoms with Crippen molar-refractivity contribution >= 4 is 5.82 Å². The number of hydrogen-bond acceptors (Lipinski definition) is 5. The van der Waals surface area contributed by atoms with Gasteiger partial charge in [-0.1, -0.05) is 0 Å². The highest BCUT2D eigenvalue weighted by atomic mass is 16.5. The summed E-state index contributed by atoms with van der Waals surface area (Å²) in [5.41, 5.74) is 5.61.